The zero-order chi connectivity index (χ0) is 15.5. The van der Waals surface area contributed by atoms with Crippen LogP contribution in [0, 0.1) is 11.7 Å². The summed E-state index contributed by atoms with van der Waals surface area (Å²) in [6, 6.07) is 2.93. The number of hydrogen-bond acceptors (Lipinski definition) is 1. The van der Waals surface area contributed by atoms with Crippen molar-refractivity contribution in [2.75, 3.05) is 6.61 Å². The lowest BCUT2D eigenvalue weighted by atomic mass is 9.83. The minimum absolute atomic E-state index is 0.177. The maximum Gasteiger partial charge on any atom is 0.419 e. The lowest BCUT2D eigenvalue weighted by Crippen LogP contribution is -2.12. The summed E-state index contributed by atoms with van der Waals surface area (Å²) in [5, 5.41) is 9.46. The molecule has 1 aliphatic carbocycles. The van der Waals surface area contributed by atoms with E-state index in [1.165, 1.54) is 6.07 Å². The first-order valence-corrected chi connectivity index (χ1v) is 7.10. The first kappa shape index (κ1) is 16.0. The minimum atomic E-state index is -4.71. The van der Waals surface area contributed by atoms with Gasteiger partial charge in [0.05, 0.1) is 12.2 Å². The Morgan fingerprint density at radius 1 is 1.19 bits per heavy atom. The van der Waals surface area contributed by atoms with Crippen molar-refractivity contribution in [2.24, 2.45) is 5.92 Å². The second-order valence-electron chi connectivity index (χ2n) is 5.45. The highest BCUT2D eigenvalue weighted by molar-refractivity contribution is 5.55. The molecule has 0 radical (unpaired) electrons. The van der Waals surface area contributed by atoms with Crippen molar-refractivity contribution >= 4 is 6.08 Å². The Balaban J connectivity index is 2.29. The predicted molar refractivity (Wildman–Crippen MR) is 73.0 cm³/mol. The van der Waals surface area contributed by atoms with Gasteiger partial charge in [-0.15, -0.1) is 0 Å². The topological polar surface area (TPSA) is 20.2 Å². The van der Waals surface area contributed by atoms with E-state index in [0.29, 0.717) is 0 Å². The van der Waals surface area contributed by atoms with Crippen LogP contribution in [0.4, 0.5) is 17.6 Å². The van der Waals surface area contributed by atoms with Crippen LogP contribution in [0.3, 0.4) is 0 Å². The van der Waals surface area contributed by atoms with Gasteiger partial charge in [-0.3, -0.25) is 0 Å². The van der Waals surface area contributed by atoms with Crippen LogP contribution < -0.4 is 0 Å². The van der Waals surface area contributed by atoms with Gasteiger partial charge in [0.15, 0.2) is 0 Å². The van der Waals surface area contributed by atoms with E-state index in [2.05, 4.69) is 0 Å². The fraction of sp³-hybridized carbons (Fsp3) is 0.500. The molecule has 0 aliphatic heterocycles. The Morgan fingerprint density at radius 2 is 1.86 bits per heavy atom. The summed E-state index contributed by atoms with van der Waals surface area (Å²) >= 11 is 0. The van der Waals surface area contributed by atoms with Crippen LogP contribution in [0.15, 0.2) is 23.8 Å². The number of halogens is 4. The summed E-state index contributed by atoms with van der Waals surface area (Å²) in [7, 11) is 0. The third-order valence-electron chi connectivity index (χ3n) is 3.96. The molecule has 0 amide bonds. The zero-order valence-corrected chi connectivity index (χ0v) is 11.6. The molecular formula is C16H18F4O. The smallest absolute Gasteiger partial charge is 0.392 e. The highest BCUT2D eigenvalue weighted by Crippen LogP contribution is 2.34. The second kappa shape index (κ2) is 6.60. The van der Waals surface area contributed by atoms with Crippen LogP contribution in [-0.4, -0.2) is 11.7 Å². The van der Waals surface area contributed by atoms with E-state index in [9.17, 15) is 22.7 Å². The van der Waals surface area contributed by atoms with Crippen LogP contribution in [0.5, 0.6) is 0 Å². The van der Waals surface area contributed by atoms with Gasteiger partial charge in [0.1, 0.15) is 5.82 Å². The summed E-state index contributed by atoms with van der Waals surface area (Å²) in [6.07, 6.45) is 2.03. The molecule has 0 saturated heterocycles. The fourth-order valence-electron chi connectivity index (χ4n) is 2.83. The van der Waals surface area contributed by atoms with Crippen LogP contribution in [0.25, 0.3) is 6.08 Å². The average molecular weight is 302 g/mol. The molecule has 1 aliphatic rings. The molecular weight excluding hydrogens is 284 g/mol. The average Bonchev–Trinajstić information content (AvgIpc) is 2.46. The number of hydrogen-bond donors (Lipinski definition) is 1. The summed E-state index contributed by atoms with van der Waals surface area (Å²) in [4.78, 5) is 0. The molecule has 116 valence electrons. The van der Waals surface area contributed by atoms with Crippen molar-refractivity contribution in [1.29, 1.82) is 0 Å². The number of alkyl halides is 3. The lowest BCUT2D eigenvalue weighted by Gasteiger charge is -2.23. The fourth-order valence-corrected chi connectivity index (χ4v) is 2.83. The number of benzene rings is 1. The molecule has 1 N–H and O–H groups in total. The van der Waals surface area contributed by atoms with Gasteiger partial charge in [0.2, 0.25) is 0 Å². The van der Waals surface area contributed by atoms with Crippen LogP contribution >= 0.6 is 0 Å². The van der Waals surface area contributed by atoms with Gasteiger partial charge in [-0.05, 0) is 42.0 Å². The molecule has 2 rings (SSSR count). The Bertz CT molecular complexity index is 513. The summed E-state index contributed by atoms with van der Waals surface area (Å²) < 4.78 is 51.3. The third kappa shape index (κ3) is 4.06. The van der Waals surface area contributed by atoms with E-state index < -0.39 is 17.6 Å². The molecule has 21 heavy (non-hydrogen) atoms. The molecule has 1 aromatic rings. The largest absolute Gasteiger partial charge is 0.419 e. The zero-order valence-electron chi connectivity index (χ0n) is 11.6. The van der Waals surface area contributed by atoms with Crippen molar-refractivity contribution in [2.45, 2.75) is 38.3 Å². The molecule has 1 aromatic carbocycles. The summed E-state index contributed by atoms with van der Waals surface area (Å²) in [5.41, 5.74) is -0.259. The van der Waals surface area contributed by atoms with E-state index in [4.69, 9.17) is 0 Å². The maximum absolute atomic E-state index is 13.2. The molecule has 0 spiro atoms. The first-order valence-electron chi connectivity index (χ1n) is 7.10. The predicted octanol–water partition coefficient (Wildman–Crippen LogP) is 4.80. The Labute approximate surface area is 121 Å². The summed E-state index contributed by atoms with van der Waals surface area (Å²) in [5.74, 6) is -1.06. The highest BCUT2D eigenvalue weighted by atomic mass is 19.4. The monoisotopic (exact) mass is 302 g/mol. The maximum atomic E-state index is 13.2. The normalized spacial score (nSPS) is 18.0. The van der Waals surface area contributed by atoms with Gasteiger partial charge in [-0.1, -0.05) is 31.4 Å². The number of rotatable bonds is 3. The Hall–Kier alpha value is -1.36. The highest BCUT2D eigenvalue weighted by Gasteiger charge is 2.34. The Morgan fingerprint density at radius 3 is 2.43 bits per heavy atom. The lowest BCUT2D eigenvalue weighted by molar-refractivity contribution is -0.140. The molecule has 1 nitrogen and oxygen atoms in total. The number of aliphatic hydroxyl groups is 1. The van der Waals surface area contributed by atoms with Gasteiger partial charge < -0.3 is 5.11 Å². The SMILES string of the molecule is OC/C(=C/c1ccc(F)c(C(F)(F)F)c1)C1CCCCC1. The minimum Gasteiger partial charge on any atom is -0.392 e. The van der Waals surface area contributed by atoms with Crippen LogP contribution in [0.1, 0.15) is 43.2 Å². The van der Waals surface area contributed by atoms with Gasteiger partial charge in [-0.2, -0.15) is 13.2 Å². The molecule has 0 bridgehead atoms. The molecule has 0 unspecified atom stereocenters. The molecule has 0 aromatic heterocycles. The van der Waals surface area contributed by atoms with Crippen molar-refractivity contribution < 1.29 is 22.7 Å². The molecule has 0 atom stereocenters. The van der Waals surface area contributed by atoms with E-state index in [-0.39, 0.29) is 18.1 Å². The van der Waals surface area contributed by atoms with E-state index >= 15 is 0 Å². The van der Waals surface area contributed by atoms with E-state index in [0.717, 1.165) is 49.8 Å². The van der Waals surface area contributed by atoms with Crippen LogP contribution in [0.2, 0.25) is 0 Å². The quantitative estimate of drug-likeness (QED) is 0.795. The van der Waals surface area contributed by atoms with Crippen molar-refractivity contribution in [1.82, 2.24) is 0 Å². The molecule has 0 heterocycles. The van der Waals surface area contributed by atoms with E-state index in [1.54, 1.807) is 6.08 Å². The summed E-state index contributed by atoms with van der Waals surface area (Å²) in [6.45, 7) is -0.177. The molecule has 1 fully saturated rings. The Kier molecular flexibility index (Phi) is 5.04. The van der Waals surface area contributed by atoms with Gasteiger partial charge in [0.25, 0.3) is 0 Å². The van der Waals surface area contributed by atoms with E-state index in [1.807, 2.05) is 0 Å². The second-order valence-corrected chi connectivity index (χ2v) is 5.45. The third-order valence-corrected chi connectivity index (χ3v) is 3.96. The number of aliphatic hydroxyl groups excluding tert-OH is 1. The molecule has 1 saturated carbocycles. The first-order chi connectivity index (χ1) is 9.91. The van der Waals surface area contributed by atoms with Crippen molar-refractivity contribution in [3.05, 3.63) is 40.7 Å². The van der Waals surface area contributed by atoms with Gasteiger partial charge in [0, 0.05) is 0 Å². The standard InChI is InChI=1S/C16H18F4O/c17-15-7-6-11(9-14(15)16(18,19)20)8-13(10-21)12-4-2-1-3-5-12/h6-9,12,21H,1-5,10H2/b13-8-. The molecule has 5 heteroatoms. The van der Waals surface area contributed by atoms with Crippen LogP contribution in [-0.2, 0) is 6.18 Å². The van der Waals surface area contributed by atoms with Gasteiger partial charge >= 0.3 is 6.18 Å². The van der Waals surface area contributed by atoms with Crippen molar-refractivity contribution in [3.8, 4) is 0 Å². The van der Waals surface area contributed by atoms with Crippen molar-refractivity contribution in [3.63, 3.8) is 0 Å². The van der Waals surface area contributed by atoms with Gasteiger partial charge in [-0.25, -0.2) is 4.39 Å².